The van der Waals surface area contributed by atoms with Crippen molar-refractivity contribution in [2.75, 3.05) is 18.4 Å². The average Bonchev–Trinajstić information content (AvgIpc) is 2.52. The van der Waals surface area contributed by atoms with Crippen molar-refractivity contribution in [3.05, 3.63) is 65.7 Å². The molecule has 106 valence electrons. The van der Waals surface area contributed by atoms with Crippen LogP contribution in [0.25, 0.3) is 0 Å². The quantitative estimate of drug-likeness (QED) is 0.812. The molecule has 0 saturated heterocycles. The zero-order valence-electron chi connectivity index (χ0n) is 12.5. The van der Waals surface area contributed by atoms with Gasteiger partial charge in [0.2, 0.25) is 0 Å². The summed E-state index contributed by atoms with van der Waals surface area (Å²) in [6.45, 7) is 8.50. The minimum absolute atomic E-state index is 0.871. The summed E-state index contributed by atoms with van der Waals surface area (Å²) in [6, 6.07) is 19.2. The molecule has 2 aromatic carbocycles. The summed E-state index contributed by atoms with van der Waals surface area (Å²) in [7, 11) is 0. The predicted molar refractivity (Wildman–Crippen MR) is 86.8 cm³/mol. The van der Waals surface area contributed by atoms with Crippen LogP contribution in [-0.2, 0) is 13.1 Å². The number of hydrogen-bond acceptors (Lipinski definition) is 2. The van der Waals surface area contributed by atoms with Crippen LogP contribution in [0.3, 0.4) is 0 Å². The Bertz CT molecular complexity index is 504. The summed E-state index contributed by atoms with van der Waals surface area (Å²) in [6.07, 6.45) is 0. The normalized spacial score (nSPS) is 10.8. The molecule has 0 aliphatic carbocycles. The first kappa shape index (κ1) is 14.6. The van der Waals surface area contributed by atoms with E-state index in [0.717, 1.165) is 26.2 Å². The molecule has 2 nitrogen and oxygen atoms in total. The maximum atomic E-state index is 3.49. The SMILES string of the molecule is CCN(CC)Cc1cccc(NCc2ccccc2)c1. The summed E-state index contributed by atoms with van der Waals surface area (Å²) in [5.74, 6) is 0. The van der Waals surface area contributed by atoms with Gasteiger partial charge in [0, 0.05) is 18.8 Å². The van der Waals surface area contributed by atoms with Crippen molar-refractivity contribution in [2.45, 2.75) is 26.9 Å². The summed E-state index contributed by atoms with van der Waals surface area (Å²) < 4.78 is 0. The minimum atomic E-state index is 0.871. The zero-order valence-corrected chi connectivity index (χ0v) is 12.5. The summed E-state index contributed by atoms with van der Waals surface area (Å²) in [5, 5.41) is 3.49. The lowest BCUT2D eigenvalue weighted by atomic mass is 10.1. The van der Waals surface area contributed by atoms with Crippen LogP contribution in [0.1, 0.15) is 25.0 Å². The number of hydrogen-bond donors (Lipinski definition) is 1. The number of nitrogens with zero attached hydrogens (tertiary/aromatic N) is 1. The van der Waals surface area contributed by atoms with E-state index in [4.69, 9.17) is 0 Å². The predicted octanol–water partition coefficient (Wildman–Crippen LogP) is 4.14. The van der Waals surface area contributed by atoms with Crippen molar-refractivity contribution < 1.29 is 0 Å². The first-order chi connectivity index (χ1) is 9.81. The maximum Gasteiger partial charge on any atom is 0.0400 e. The highest BCUT2D eigenvalue weighted by molar-refractivity contribution is 5.46. The molecule has 0 radical (unpaired) electrons. The lowest BCUT2D eigenvalue weighted by Gasteiger charge is -2.18. The summed E-state index contributed by atoms with van der Waals surface area (Å²) in [5.41, 5.74) is 3.87. The van der Waals surface area contributed by atoms with Gasteiger partial charge in [-0.05, 0) is 36.3 Å². The molecule has 0 amide bonds. The molecule has 0 spiro atoms. The molecule has 0 fully saturated rings. The molecule has 1 N–H and O–H groups in total. The average molecular weight is 268 g/mol. The molecular weight excluding hydrogens is 244 g/mol. The first-order valence-corrected chi connectivity index (χ1v) is 7.41. The monoisotopic (exact) mass is 268 g/mol. The van der Waals surface area contributed by atoms with Crippen LogP contribution in [0.4, 0.5) is 5.69 Å². The van der Waals surface area contributed by atoms with Gasteiger partial charge in [-0.25, -0.2) is 0 Å². The van der Waals surface area contributed by atoms with Crippen molar-refractivity contribution in [3.8, 4) is 0 Å². The maximum absolute atomic E-state index is 3.49. The van der Waals surface area contributed by atoms with Crippen LogP contribution < -0.4 is 5.32 Å². The molecule has 0 aliphatic heterocycles. The lowest BCUT2D eigenvalue weighted by Crippen LogP contribution is -2.22. The smallest absolute Gasteiger partial charge is 0.0400 e. The molecule has 0 aromatic heterocycles. The Morgan fingerprint density at radius 2 is 1.55 bits per heavy atom. The Kier molecular flexibility index (Phi) is 5.63. The van der Waals surface area contributed by atoms with Gasteiger partial charge in [0.1, 0.15) is 0 Å². The Morgan fingerprint density at radius 1 is 0.850 bits per heavy atom. The second-order valence-corrected chi connectivity index (χ2v) is 5.00. The molecule has 0 atom stereocenters. The Labute approximate surface area is 122 Å². The first-order valence-electron chi connectivity index (χ1n) is 7.41. The van der Waals surface area contributed by atoms with Gasteiger partial charge in [-0.15, -0.1) is 0 Å². The van der Waals surface area contributed by atoms with E-state index >= 15 is 0 Å². The molecule has 0 aliphatic rings. The third kappa shape index (κ3) is 4.39. The second kappa shape index (κ2) is 7.71. The third-order valence-corrected chi connectivity index (χ3v) is 3.57. The number of nitrogens with one attached hydrogen (secondary N) is 1. The van der Waals surface area contributed by atoms with Gasteiger partial charge in [-0.1, -0.05) is 56.3 Å². The molecule has 0 bridgehead atoms. The highest BCUT2D eigenvalue weighted by Gasteiger charge is 2.02. The van der Waals surface area contributed by atoms with Crippen LogP contribution in [0.15, 0.2) is 54.6 Å². The molecule has 0 heterocycles. The van der Waals surface area contributed by atoms with E-state index in [1.54, 1.807) is 0 Å². The van der Waals surface area contributed by atoms with Crippen LogP contribution in [0, 0.1) is 0 Å². The van der Waals surface area contributed by atoms with Gasteiger partial charge in [0.05, 0.1) is 0 Å². The standard InChI is InChI=1S/C18H24N2/c1-3-20(4-2)15-17-11-8-12-18(13-17)19-14-16-9-6-5-7-10-16/h5-13,19H,3-4,14-15H2,1-2H3. The zero-order chi connectivity index (χ0) is 14.2. The molecule has 0 saturated carbocycles. The molecule has 2 heteroatoms. The highest BCUT2D eigenvalue weighted by Crippen LogP contribution is 2.14. The molecular formula is C18H24N2. The van der Waals surface area contributed by atoms with E-state index in [1.165, 1.54) is 16.8 Å². The van der Waals surface area contributed by atoms with Gasteiger partial charge < -0.3 is 5.32 Å². The fourth-order valence-electron chi connectivity index (χ4n) is 2.29. The van der Waals surface area contributed by atoms with Crippen LogP contribution in [-0.4, -0.2) is 18.0 Å². The van der Waals surface area contributed by atoms with Crippen LogP contribution in [0.2, 0.25) is 0 Å². The number of rotatable bonds is 7. The van der Waals surface area contributed by atoms with E-state index < -0.39 is 0 Å². The van der Waals surface area contributed by atoms with Gasteiger partial charge in [0.25, 0.3) is 0 Å². The van der Waals surface area contributed by atoms with Crippen molar-refractivity contribution in [1.29, 1.82) is 0 Å². The van der Waals surface area contributed by atoms with E-state index in [0.29, 0.717) is 0 Å². The molecule has 2 rings (SSSR count). The lowest BCUT2D eigenvalue weighted by molar-refractivity contribution is 0.296. The summed E-state index contributed by atoms with van der Waals surface area (Å²) >= 11 is 0. The van der Waals surface area contributed by atoms with Crippen molar-refractivity contribution in [2.24, 2.45) is 0 Å². The van der Waals surface area contributed by atoms with Gasteiger partial charge >= 0.3 is 0 Å². The van der Waals surface area contributed by atoms with Crippen LogP contribution in [0.5, 0.6) is 0 Å². The Morgan fingerprint density at radius 3 is 2.25 bits per heavy atom. The topological polar surface area (TPSA) is 15.3 Å². The third-order valence-electron chi connectivity index (χ3n) is 3.57. The van der Waals surface area contributed by atoms with Gasteiger partial charge in [-0.2, -0.15) is 0 Å². The van der Waals surface area contributed by atoms with E-state index in [1.807, 2.05) is 6.07 Å². The van der Waals surface area contributed by atoms with E-state index in [-0.39, 0.29) is 0 Å². The minimum Gasteiger partial charge on any atom is -0.381 e. The largest absolute Gasteiger partial charge is 0.381 e. The highest BCUT2D eigenvalue weighted by atomic mass is 15.1. The van der Waals surface area contributed by atoms with Gasteiger partial charge in [0.15, 0.2) is 0 Å². The fraction of sp³-hybridized carbons (Fsp3) is 0.333. The van der Waals surface area contributed by atoms with Gasteiger partial charge in [-0.3, -0.25) is 4.90 Å². The second-order valence-electron chi connectivity index (χ2n) is 5.00. The van der Waals surface area contributed by atoms with E-state index in [9.17, 15) is 0 Å². The van der Waals surface area contributed by atoms with Crippen molar-refractivity contribution >= 4 is 5.69 Å². The molecule has 2 aromatic rings. The molecule has 20 heavy (non-hydrogen) atoms. The van der Waals surface area contributed by atoms with Crippen molar-refractivity contribution in [1.82, 2.24) is 4.90 Å². The number of anilines is 1. The number of benzene rings is 2. The van der Waals surface area contributed by atoms with Crippen LogP contribution >= 0.6 is 0 Å². The molecule has 0 unspecified atom stereocenters. The van der Waals surface area contributed by atoms with Crippen molar-refractivity contribution in [3.63, 3.8) is 0 Å². The Balaban J connectivity index is 1.95. The van der Waals surface area contributed by atoms with E-state index in [2.05, 4.69) is 72.6 Å². The summed E-state index contributed by atoms with van der Waals surface area (Å²) in [4.78, 5) is 2.43. The fourth-order valence-corrected chi connectivity index (χ4v) is 2.29. The Hall–Kier alpha value is -1.80.